The zero-order valence-corrected chi connectivity index (χ0v) is 35.5. The topological polar surface area (TPSA) is 81.5 Å². The molecule has 0 aliphatic rings. The van der Waals surface area contributed by atoms with Crippen LogP contribution >= 0.6 is 0 Å². The van der Waals surface area contributed by atoms with Crippen LogP contribution in [0.5, 0.6) is 0 Å². The molecule has 0 aromatic rings. The van der Waals surface area contributed by atoms with Crippen molar-refractivity contribution in [1.82, 2.24) is 4.90 Å². The van der Waals surface area contributed by atoms with Crippen LogP contribution < -0.4 is 0 Å². The molecule has 0 heterocycles. The summed E-state index contributed by atoms with van der Waals surface area (Å²) in [5, 5.41) is 15.2. The third-order valence-electron chi connectivity index (χ3n) is 10.2. The monoisotopic (exact) mass is 741 g/mol. The first-order valence-electron chi connectivity index (χ1n) is 22.7. The normalized spacial score (nSPS) is 12.5. The Kier molecular flexibility index (Phi) is 41.4. The Balaban J connectivity index is 4.30. The van der Waals surface area contributed by atoms with Crippen molar-refractivity contribution < 1.29 is 9.84 Å². The van der Waals surface area contributed by atoms with Crippen LogP contribution in [0.15, 0.2) is 53.7 Å². The Morgan fingerprint density at radius 3 is 1.40 bits per heavy atom. The molecule has 0 fully saturated rings. The minimum atomic E-state index is -0.977. The summed E-state index contributed by atoms with van der Waals surface area (Å²) in [6.45, 7) is 7.82. The summed E-state index contributed by atoms with van der Waals surface area (Å²) in [5.41, 5.74) is 8.39. The first-order chi connectivity index (χ1) is 26.1. The summed E-state index contributed by atoms with van der Waals surface area (Å²) in [6, 6.07) is 0. The van der Waals surface area contributed by atoms with Crippen LogP contribution in [0.1, 0.15) is 213 Å². The highest BCUT2D eigenvalue weighted by atomic mass is 16.6. The lowest BCUT2D eigenvalue weighted by Gasteiger charge is -2.29. The fourth-order valence-electron chi connectivity index (χ4n) is 6.72. The summed E-state index contributed by atoms with van der Waals surface area (Å²) >= 11 is 0. The average molecular weight is 741 g/mol. The van der Waals surface area contributed by atoms with Crippen molar-refractivity contribution in [2.75, 3.05) is 33.3 Å². The standard InChI is InChI=1S/C47H88N4O2/c1-4-6-8-10-12-14-16-18-20-22-24-26-28-30-32-36-41-47(52,53-46-40-45-51(3)44-39-35-34-38-43-49-50-48)42-37-33-31-29-27-25-23-21-19-17-15-13-11-9-7-5-2/h12-15,18-21,52H,4-11,16-17,22-46H2,1-3H3/b14-12-,15-13-,20-18-,21-19-. The first kappa shape index (κ1) is 51.1. The molecule has 0 aliphatic heterocycles. The molecule has 0 atom stereocenters. The summed E-state index contributed by atoms with van der Waals surface area (Å²) in [7, 11) is 2.18. The number of unbranched alkanes of at least 4 members (excludes halogenated alkanes) is 21. The molecule has 0 bridgehead atoms. The van der Waals surface area contributed by atoms with Crippen LogP contribution in [-0.4, -0.2) is 49.1 Å². The molecule has 0 saturated carbocycles. The molecule has 0 spiro atoms. The van der Waals surface area contributed by atoms with E-state index in [1.54, 1.807) is 0 Å². The lowest BCUT2D eigenvalue weighted by Crippen LogP contribution is -2.33. The van der Waals surface area contributed by atoms with Crippen LogP contribution in [0.4, 0.5) is 0 Å². The molecule has 6 heteroatoms. The highest BCUT2D eigenvalue weighted by Crippen LogP contribution is 2.25. The summed E-state index contributed by atoms with van der Waals surface area (Å²) < 4.78 is 6.27. The van der Waals surface area contributed by atoms with Gasteiger partial charge in [-0.1, -0.05) is 157 Å². The van der Waals surface area contributed by atoms with E-state index in [0.717, 1.165) is 70.9 Å². The predicted molar refractivity (Wildman–Crippen MR) is 233 cm³/mol. The molecule has 0 aromatic carbocycles. The maximum atomic E-state index is 11.6. The molecular formula is C47H88N4O2. The molecule has 0 aliphatic carbocycles. The Hall–Kier alpha value is -1.85. The molecular weight excluding hydrogens is 653 g/mol. The lowest BCUT2D eigenvalue weighted by atomic mass is 9.98. The van der Waals surface area contributed by atoms with Gasteiger partial charge in [0.2, 0.25) is 0 Å². The van der Waals surface area contributed by atoms with E-state index in [1.165, 1.54) is 141 Å². The Labute approximate surface area is 330 Å². The molecule has 0 aromatic heterocycles. The SMILES string of the molecule is CCCCC/C=C\C/C=C\CCCCCCCCC(O)(CCCCCCCC/C=C\C/C=C\CCCCC)OCCCN(C)CCCCCCN=[N+]=[N-]. The molecule has 0 saturated heterocycles. The van der Waals surface area contributed by atoms with Crippen molar-refractivity contribution >= 4 is 0 Å². The second-order valence-electron chi connectivity index (χ2n) is 15.5. The molecule has 0 amide bonds. The average Bonchev–Trinajstić information content (AvgIpc) is 3.16. The molecule has 308 valence electrons. The Morgan fingerprint density at radius 2 is 0.925 bits per heavy atom. The minimum Gasteiger partial charge on any atom is -0.365 e. The van der Waals surface area contributed by atoms with Gasteiger partial charge in [-0.15, -0.1) is 0 Å². The van der Waals surface area contributed by atoms with E-state index in [9.17, 15) is 5.11 Å². The number of nitrogens with zero attached hydrogens (tertiary/aromatic N) is 4. The van der Waals surface area contributed by atoms with E-state index in [1.807, 2.05) is 0 Å². The molecule has 0 rings (SSSR count). The maximum Gasteiger partial charge on any atom is 0.165 e. The van der Waals surface area contributed by atoms with E-state index in [0.29, 0.717) is 13.2 Å². The van der Waals surface area contributed by atoms with Crippen LogP contribution in [0.3, 0.4) is 0 Å². The van der Waals surface area contributed by atoms with Gasteiger partial charge in [0, 0.05) is 30.8 Å². The summed E-state index contributed by atoms with van der Waals surface area (Å²) in [4.78, 5) is 5.20. The second-order valence-corrected chi connectivity index (χ2v) is 15.5. The number of hydrogen-bond donors (Lipinski definition) is 1. The molecule has 1 N–H and O–H groups in total. The quantitative estimate of drug-likeness (QED) is 0.0169. The van der Waals surface area contributed by atoms with Crippen LogP contribution in [0.2, 0.25) is 0 Å². The van der Waals surface area contributed by atoms with E-state index in [2.05, 4.69) is 84.4 Å². The zero-order valence-electron chi connectivity index (χ0n) is 35.5. The number of aliphatic hydroxyl groups is 1. The van der Waals surface area contributed by atoms with E-state index >= 15 is 0 Å². The first-order valence-corrected chi connectivity index (χ1v) is 22.7. The van der Waals surface area contributed by atoms with Crippen molar-refractivity contribution in [2.45, 2.75) is 219 Å². The molecule has 53 heavy (non-hydrogen) atoms. The van der Waals surface area contributed by atoms with Gasteiger partial charge in [0.1, 0.15) is 0 Å². The number of ether oxygens (including phenoxy) is 1. The van der Waals surface area contributed by atoms with Gasteiger partial charge in [-0.25, -0.2) is 0 Å². The van der Waals surface area contributed by atoms with Gasteiger partial charge in [-0.2, -0.15) is 0 Å². The predicted octanol–water partition coefficient (Wildman–Crippen LogP) is 15.3. The largest absolute Gasteiger partial charge is 0.365 e. The fraction of sp³-hybridized carbons (Fsp3) is 0.830. The van der Waals surface area contributed by atoms with Crippen molar-refractivity contribution in [2.24, 2.45) is 5.11 Å². The van der Waals surface area contributed by atoms with Crippen LogP contribution in [0.25, 0.3) is 10.4 Å². The fourth-order valence-corrected chi connectivity index (χ4v) is 6.72. The minimum absolute atomic E-state index is 0.609. The molecule has 0 unspecified atom stereocenters. The second kappa shape index (κ2) is 42.9. The van der Waals surface area contributed by atoms with E-state index in [-0.39, 0.29) is 0 Å². The van der Waals surface area contributed by atoms with Gasteiger partial charge in [0.15, 0.2) is 5.79 Å². The van der Waals surface area contributed by atoms with E-state index in [4.69, 9.17) is 10.3 Å². The smallest absolute Gasteiger partial charge is 0.165 e. The van der Waals surface area contributed by atoms with Crippen molar-refractivity contribution in [3.63, 3.8) is 0 Å². The van der Waals surface area contributed by atoms with Gasteiger partial charge >= 0.3 is 0 Å². The zero-order chi connectivity index (χ0) is 38.6. The molecule has 0 radical (unpaired) electrons. The Bertz CT molecular complexity index is 860. The van der Waals surface area contributed by atoms with Gasteiger partial charge < -0.3 is 14.7 Å². The third kappa shape index (κ3) is 41.2. The highest BCUT2D eigenvalue weighted by Gasteiger charge is 2.26. The number of allylic oxidation sites excluding steroid dienone is 8. The maximum absolute atomic E-state index is 11.6. The highest BCUT2D eigenvalue weighted by molar-refractivity contribution is 4.93. The van der Waals surface area contributed by atoms with E-state index < -0.39 is 5.79 Å². The molecule has 6 nitrogen and oxygen atoms in total. The van der Waals surface area contributed by atoms with Crippen molar-refractivity contribution in [1.29, 1.82) is 0 Å². The van der Waals surface area contributed by atoms with Crippen LogP contribution in [0, 0.1) is 0 Å². The number of hydrogen-bond acceptors (Lipinski definition) is 4. The van der Waals surface area contributed by atoms with Crippen molar-refractivity contribution in [3.8, 4) is 0 Å². The third-order valence-corrected chi connectivity index (χ3v) is 10.2. The van der Waals surface area contributed by atoms with Crippen molar-refractivity contribution in [3.05, 3.63) is 59.1 Å². The lowest BCUT2D eigenvalue weighted by molar-refractivity contribution is -0.214. The summed E-state index contributed by atoms with van der Waals surface area (Å²) in [6.07, 6.45) is 55.2. The Morgan fingerprint density at radius 1 is 0.528 bits per heavy atom. The number of azide groups is 1. The summed E-state index contributed by atoms with van der Waals surface area (Å²) in [5.74, 6) is -0.977. The van der Waals surface area contributed by atoms with Gasteiger partial charge in [0.25, 0.3) is 0 Å². The van der Waals surface area contributed by atoms with Gasteiger partial charge in [0.05, 0.1) is 6.61 Å². The number of rotatable bonds is 42. The van der Waals surface area contributed by atoms with Gasteiger partial charge in [-0.3, -0.25) is 0 Å². The van der Waals surface area contributed by atoms with Gasteiger partial charge in [-0.05, 0) is 115 Å². The van der Waals surface area contributed by atoms with Crippen LogP contribution in [-0.2, 0) is 4.74 Å².